The molecule has 1 unspecified atom stereocenters. The Morgan fingerprint density at radius 1 is 1.08 bits per heavy atom. The van der Waals surface area contributed by atoms with Crippen molar-refractivity contribution in [1.82, 2.24) is 10.2 Å². The molecule has 0 aromatic heterocycles. The van der Waals surface area contributed by atoms with Gasteiger partial charge in [-0.05, 0) is 32.0 Å². The molecule has 1 heterocycles. The molecule has 0 bridgehead atoms. The molecule has 0 spiro atoms. The summed E-state index contributed by atoms with van der Waals surface area (Å²) in [6.07, 6.45) is 0. The summed E-state index contributed by atoms with van der Waals surface area (Å²) < 4.78 is 10.8. The minimum absolute atomic E-state index is 0.00333. The van der Waals surface area contributed by atoms with Crippen molar-refractivity contribution in [2.24, 2.45) is 0 Å². The van der Waals surface area contributed by atoms with Crippen molar-refractivity contribution in [3.63, 3.8) is 0 Å². The average molecular weight is 510 g/mol. The molecule has 0 saturated heterocycles. The lowest BCUT2D eigenvalue weighted by molar-refractivity contribution is -0.384. The Bertz CT molecular complexity index is 1210. The summed E-state index contributed by atoms with van der Waals surface area (Å²) in [5, 5.41) is 24.3. The van der Waals surface area contributed by atoms with Crippen LogP contribution in [-0.2, 0) is 25.6 Å². The van der Waals surface area contributed by atoms with E-state index in [0.717, 1.165) is 5.56 Å². The van der Waals surface area contributed by atoms with Crippen molar-refractivity contribution in [3.05, 3.63) is 98.4 Å². The molecule has 0 aliphatic carbocycles. The first-order valence-electron chi connectivity index (χ1n) is 11.9. The topological polar surface area (TPSA) is 131 Å². The minimum Gasteiger partial charge on any atom is -0.463 e. The van der Waals surface area contributed by atoms with E-state index in [1.165, 1.54) is 18.2 Å². The van der Waals surface area contributed by atoms with Crippen LogP contribution in [0.2, 0.25) is 0 Å². The highest BCUT2D eigenvalue weighted by Gasteiger charge is 2.39. The summed E-state index contributed by atoms with van der Waals surface area (Å²) in [4.78, 5) is 39.2. The number of aliphatic hydroxyl groups excluding tert-OH is 1. The highest BCUT2D eigenvalue weighted by Crippen LogP contribution is 2.40. The number of carbonyl (C=O) groups excluding carboxylic acids is 2. The molecule has 0 amide bonds. The number of nitro benzene ring substituents is 1. The summed E-state index contributed by atoms with van der Waals surface area (Å²) in [7, 11) is 1.91. The number of esters is 2. The second kappa shape index (κ2) is 12.8. The van der Waals surface area contributed by atoms with Gasteiger partial charge in [0.05, 0.1) is 40.9 Å². The second-order valence-electron chi connectivity index (χ2n) is 8.58. The zero-order valence-electron chi connectivity index (χ0n) is 21.1. The van der Waals surface area contributed by atoms with Crippen LogP contribution >= 0.6 is 0 Å². The van der Waals surface area contributed by atoms with Crippen molar-refractivity contribution in [3.8, 4) is 0 Å². The molecule has 196 valence electrons. The number of nitrogens with one attached hydrogen (secondary N) is 1. The molecule has 10 nitrogen and oxygen atoms in total. The second-order valence-corrected chi connectivity index (χ2v) is 8.58. The Morgan fingerprint density at radius 2 is 1.78 bits per heavy atom. The normalized spacial score (nSPS) is 15.4. The lowest BCUT2D eigenvalue weighted by Gasteiger charge is -2.31. The number of ether oxygens (including phenoxy) is 2. The fourth-order valence-electron chi connectivity index (χ4n) is 4.24. The monoisotopic (exact) mass is 509 g/mol. The van der Waals surface area contributed by atoms with Crippen molar-refractivity contribution in [1.29, 1.82) is 0 Å². The van der Waals surface area contributed by atoms with Gasteiger partial charge in [-0.15, -0.1) is 0 Å². The fraction of sp³-hybridized carbons (Fsp3) is 0.333. The number of nitrogens with zero attached hydrogens (tertiary/aromatic N) is 2. The number of allylic oxidation sites excluding steroid dienone is 1. The van der Waals surface area contributed by atoms with E-state index in [4.69, 9.17) is 9.47 Å². The van der Waals surface area contributed by atoms with E-state index in [0.29, 0.717) is 24.4 Å². The average Bonchev–Trinajstić information content (AvgIpc) is 2.88. The van der Waals surface area contributed by atoms with E-state index in [9.17, 15) is 24.8 Å². The Morgan fingerprint density at radius 3 is 2.43 bits per heavy atom. The number of rotatable bonds is 11. The Hall–Kier alpha value is -4.02. The maximum absolute atomic E-state index is 13.4. The van der Waals surface area contributed by atoms with Gasteiger partial charge in [-0.3, -0.25) is 15.0 Å². The fourth-order valence-corrected chi connectivity index (χ4v) is 4.24. The highest BCUT2D eigenvalue weighted by atomic mass is 16.6. The summed E-state index contributed by atoms with van der Waals surface area (Å²) in [5.41, 5.74) is 1.91. The molecule has 37 heavy (non-hydrogen) atoms. The lowest BCUT2D eigenvalue weighted by Crippen LogP contribution is -2.35. The molecule has 1 atom stereocenters. The SMILES string of the molecule is CCOC(=O)C1=C(CO)NC(C)=C(C(=O)OCCN(C)Cc2ccccc2)C1c1cccc([N+](=O)[O-])c1. The first-order chi connectivity index (χ1) is 17.8. The summed E-state index contributed by atoms with van der Waals surface area (Å²) in [6, 6.07) is 15.6. The number of aliphatic hydroxyl groups is 1. The van der Waals surface area contributed by atoms with Gasteiger partial charge in [-0.25, -0.2) is 9.59 Å². The Labute approximate surface area is 215 Å². The third kappa shape index (κ3) is 6.81. The zero-order chi connectivity index (χ0) is 26.9. The van der Waals surface area contributed by atoms with Gasteiger partial charge in [0.2, 0.25) is 0 Å². The molecule has 1 aliphatic rings. The van der Waals surface area contributed by atoms with E-state index in [-0.39, 0.29) is 35.7 Å². The summed E-state index contributed by atoms with van der Waals surface area (Å²) >= 11 is 0. The van der Waals surface area contributed by atoms with Crippen molar-refractivity contribution >= 4 is 17.6 Å². The van der Waals surface area contributed by atoms with Gasteiger partial charge < -0.3 is 19.9 Å². The Kier molecular flexibility index (Phi) is 9.53. The quantitative estimate of drug-likeness (QED) is 0.266. The zero-order valence-corrected chi connectivity index (χ0v) is 21.1. The van der Waals surface area contributed by atoms with Crippen LogP contribution in [0, 0.1) is 10.1 Å². The molecule has 0 saturated carbocycles. The van der Waals surface area contributed by atoms with Crippen LogP contribution in [-0.4, -0.2) is 60.3 Å². The maximum Gasteiger partial charge on any atom is 0.336 e. The number of non-ortho nitro benzene ring substituents is 1. The third-order valence-electron chi connectivity index (χ3n) is 5.93. The van der Waals surface area contributed by atoms with Crippen LogP contribution in [0.5, 0.6) is 0 Å². The van der Waals surface area contributed by atoms with E-state index >= 15 is 0 Å². The number of benzene rings is 2. The van der Waals surface area contributed by atoms with Crippen LogP contribution in [0.1, 0.15) is 30.9 Å². The molecule has 2 aromatic carbocycles. The van der Waals surface area contributed by atoms with Crippen molar-refractivity contribution in [2.75, 3.05) is 33.4 Å². The standard InChI is InChI=1S/C27H31N3O7/c1-4-36-27(33)25-22(17-31)28-18(2)23(24(25)20-11-8-12-21(15-20)30(34)35)26(32)37-14-13-29(3)16-19-9-6-5-7-10-19/h5-12,15,24,28,31H,4,13-14,16-17H2,1-3H3. The molecule has 2 N–H and O–H groups in total. The third-order valence-corrected chi connectivity index (χ3v) is 5.93. The molecular formula is C27H31N3O7. The van der Waals surface area contributed by atoms with Gasteiger partial charge in [0.15, 0.2) is 0 Å². The van der Waals surface area contributed by atoms with Crippen molar-refractivity contribution in [2.45, 2.75) is 26.3 Å². The van der Waals surface area contributed by atoms with Crippen LogP contribution < -0.4 is 5.32 Å². The molecular weight excluding hydrogens is 478 g/mol. The van der Waals surface area contributed by atoms with E-state index in [1.807, 2.05) is 42.3 Å². The number of carbonyl (C=O) groups is 2. The first-order valence-corrected chi connectivity index (χ1v) is 11.9. The van der Waals surface area contributed by atoms with E-state index in [1.54, 1.807) is 19.9 Å². The van der Waals surface area contributed by atoms with Crippen molar-refractivity contribution < 1.29 is 29.1 Å². The number of nitro groups is 1. The highest BCUT2D eigenvalue weighted by molar-refractivity contribution is 6.00. The first kappa shape index (κ1) is 27.6. The maximum atomic E-state index is 13.4. The summed E-state index contributed by atoms with van der Waals surface area (Å²) in [6.45, 7) is 4.03. The minimum atomic E-state index is -1.03. The van der Waals surface area contributed by atoms with Gasteiger partial charge in [-0.1, -0.05) is 42.5 Å². The largest absolute Gasteiger partial charge is 0.463 e. The van der Waals surface area contributed by atoms with Gasteiger partial charge in [0.25, 0.3) is 5.69 Å². The molecule has 0 radical (unpaired) electrons. The number of dihydropyridines is 1. The van der Waals surface area contributed by atoms with Gasteiger partial charge in [0.1, 0.15) is 6.61 Å². The van der Waals surface area contributed by atoms with Crippen LogP contribution in [0.3, 0.4) is 0 Å². The van der Waals surface area contributed by atoms with Gasteiger partial charge in [-0.2, -0.15) is 0 Å². The van der Waals surface area contributed by atoms with Crippen LogP contribution in [0.4, 0.5) is 5.69 Å². The number of hydrogen-bond acceptors (Lipinski definition) is 9. The lowest BCUT2D eigenvalue weighted by atomic mass is 9.80. The van der Waals surface area contributed by atoms with Gasteiger partial charge >= 0.3 is 11.9 Å². The number of hydrogen-bond donors (Lipinski definition) is 2. The van der Waals surface area contributed by atoms with E-state index < -0.39 is 29.4 Å². The van der Waals surface area contributed by atoms with Crippen LogP contribution in [0.25, 0.3) is 0 Å². The summed E-state index contributed by atoms with van der Waals surface area (Å²) in [5.74, 6) is -2.44. The Balaban J connectivity index is 1.89. The number of likely N-dealkylation sites (N-methyl/N-ethyl adjacent to an activating group) is 1. The molecule has 2 aromatic rings. The predicted octanol–water partition coefficient (Wildman–Crippen LogP) is 3.04. The van der Waals surface area contributed by atoms with Crippen LogP contribution in [0.15, 0.2) is 77.1 Å². The van der Waals surface area contributed by atoms with E-state index in [2.05, 4.69) is 5.32 Å². The predicted molar refractivity (Wildman–Crippen MR) is 136 cm³/mol. The smallest absolute Gasteiger partial charge is 0.336 e. The van der Waals surface area contributed by atoms with Gasteiger partial charge in [0, 0.05) is 30.9 Å². The molecule has 0 fully saturated rings. The molecule has 3 rings (SSSR count). The molecule has 1 aliphatic heterocycles. The molecule has 10 heteroatoms.